The molecule has 1 aromatic rings. The van der Waals surface area contributed by atoms with Crippen molar-refractivity contribution in [1.29, 1.82) is 0 Å². The molecule has 0 atom stereocenters. The maximum atomic E-state index is 11.3. The molecule has 1 N–H and O–H groups in total. The van der Waals surface area contributed by atoms with Crippen LogP contribution in [0.5, 0.6) is 0 Å². The molecule has 124 valence electrons. The number of aryl methyl sites for hydroxylation is 2. The van der Waals surface area contributed by atoms with Crippen molar-refractivity contribution in [3.8, 4) is 0 Å². The second kappa shape index (κ2) is 6.61. The highest BCUT2D eigenvalue weighted by atomic mass is 32.2. The van der Waals surface area contributed by atoms with E-state index in [2.05, 4.69) is 15.3 Å². The normalized spacial score (nSPS) is 18.3. The third-order valence-corrected chi connectivity index (χ3v) is 5.36. The molecule has 1 aromatic heterocycles. The Balaban J connectivity index is 1.81. The smallest absolute Gasteiger partial charge is 0.333 e. The van der Waals surface area contributed by atoms with Crippen LogP contribution in [0.1, 0.15) is 12.1 Å². The van der Waals surface area contributed by atoms with Crippen molar-refractivity contribution in [3.05, 3.63) is 15.8 Å². The first-order chi connectivity index (χ1) is 10.3. The van der Waals surface area contributed by atoms with E-state index in [0.717, 1.165) is 13.0 Å². The molecule has 0 aliphatic carbocycles. The molecule has 0 radical (unpaired) electrons. The predicted octanol–water partition coefficient (Wildman–Crippen LogP) is 0.169. The van der Waals surface area contributed by atoms with E-state index in [9.17, 15) is 18.5 Å². The highest BCUT2D eigenvalue weighted by molar-refractivity contribution is 7.91. The minimum atomic E-state index is -2.85. The molecule has 1 aliphatic rings. The zero-order valence-corrected chi connectivity index (χ0v) is 13.6. The summed E-state index contributed by atoms with van der Waals surface area (Å²) in [5, 5.41) is 18.1. The maximum Gasteiger partial charge on any atom is 0.333 e. The number of aromatic nitrogens is 2. The molecule has 1 saturated heterocycles. The average Bonchev–Trinajstić information content (AvgIpc) is 2.70. The molecule has 2 rings (SSSR count). The van der Waals surface area contributed by atoms with Gasteiger partial charge in [-0.2, -0.15) is 5.10 Å². The van der Waals surface area contributed by atoms with Gasteiger partial charge in [0.15, 0.2) is 9.84 Å². The number of nitro groups is 1. The van der Waals surface area contributed by atoms with Gasteiger partial charge in [0.1, 0.15) is 5.69 Å². The van der Waals surface area contributed by atoms with Gasteiger partial charge in [0.2, 0.25) is 5.82 Å². The van der Waals surface area contributed by atoms with Crippen molar-refractivity contribution in [2.75, 3.05) is 43.0 Å². The van der Waals surface area contributed by atoms with E-state index in [1.807, 2.05) is 0 Å². The SMILES string of the molecule is Cc1nn(C)c(NCCCN2CCS(=O)(=O)CC2)c1[N+](=O)[O-]. The van der Waals surface area contributed by atoms with Crippen molar-refractivity contribution in [3.63, 3.8) is 0 Å². The van der Waals surface area contributed by atoms with Gasteiger partial charge in [-0.05, 0) is 19.9 Å². The lowest BCUT2D eigenvalue weighted by Gasteiger charge is -2.26. The molecule has 2 heterocycles. The first-order valence-corrected chi connectivity index (χ1v) is 8.97. The molecule has 0 aromatic carbocycles. The van der Waals surface area contributed by atoms with Gasteiger partial charge in [-0.15, -0.1) is 0 Å². The summed E-state index contributed by atoms with van der Waals surface area (Å²) in [6.45, 7) is 4.08. The second-order valence-electron chi connectivity index (χ2n) is 5.44. The average molecular weight is 331 g/mol. The van der Waals surface area contributed by atoms with E-state index in [1.54, 1.807) is 14.0 Å². The summed E-state index contributed by atoms with van der Waals surface area (Å²) in [5.74, 6) is 0.836. The first-order valence-electron chi connectivity index (χ1n) is 7.15. The van der Waals surface area contributed by atoms with Gasteiger partial charge in [-0.3, -0.25) is 10.1 Å². The molecule has 9 nitrogen and oxygen atoms in total. The number of rotatable bonds is 6. The zero-order valence-electron chi connectivity index (χ0n) is 12.8. The second-order valence-corrected chi connectivity index (χ2v) is 7.74. The quantitative estimate of drug-likeness (QED) is 0.449. The lowest BCUT2D eigenvalue weighted by molar-refractivity contribution is -0.384. The molecule has 22 heavy (non-hydrogen) atoms. The van der Waals surface area contributed by atoms with E-state index < -0.39 is 14.8 Å². The minimum absolute atomic E-state index is 0.00608. The van der Waals surface area contributed by atoms with Crippen LogP contribution in [0.3, 0.4) is 0 Å². The van der Waals surface area contributed by atoms with Crippen LogP contribution in [0.15, 0.2) is 0 Å². The van der Waals surface area contributed by atoms with E-state index in [1.165, 1.54) is 4.68 Å². The van der Waals surface area contributed by atoms with Gasteiger partial charge in [-0.1, -0.05) is 0 Å². The summed E-state index contributed by atoms with van der Waals surface area (Å²) in [7, 11) is -1.19. The Hall–Kier alpha value is -1.68. The predicted molar refractivity (Wildman–Crippen MR) is 82.8 cm³/mol. The standard InChI is InChI=1S/C12H21N5O4S/c1-10-11(17(18)19)12(15(2)14-10)13-4-3-5-16-6-8-22(20,21)9-7-16/h13H,3-9H2,1-2H3. The lowest BCUT2D eigenvalue weighted by atomic mass is 10.3. The first kappa shape index (κ1) is 16.7. The number of hydrogen-bond acceptors (Lipinski definition) is 7. The Kier molecular flexibility index (Phi) is 5.01. The Bertz CT molecular complexity index is 641. The Morgan fingerprint density at radius 1 is 1.36 bits per heavy atom. The van der Waals surface area contributed by atoms with Crippen LogP contribution in [0.4, 0.5) is 11.5 Å². The maximum absolute atomic E-state index is 11.3. The van der Waals surface area contributed by atoms with Gasteiger partial charge >= 0.3 is 5.69 Å². The molecule has 0 spiro atoms. The number of nitrogens with one attached hydrogen (secondary N) is 1. The van der Waals surface area contributed by atoms with Crippen LogP contribution in [-0.4, -0.2) is 65.7 Å². The van der Waals surface area contributed by atoms with E-state index in [-0.39, 0.29) is 17.2 Å². The molecule has 0 amide bonds. The molecular weight excluding hydrogens is 310 g/mol. The summed E-state index contributed by atoms with van der Waals surface area (Å²) in [5.41, 5.74) is 0.391. The van der Waals surface area contributed by atoms with Crippen molar-refractivity contribution >= 4 is 21.3 Å². The van der Waals surface area contributed by atoms with Crippen LogP contribution in [-0.2, 0) is 16.9 Å². The monoisotopic (exact) mass is 331 g/mol. The Labute approximate surface area is 129 Å². The van der Waals surface area contributed by atoms with Crippen LogP contribution in [0, 0.1) is 17.0 Å². The number of hydrogen-bond donors (Lipinski definition) is 1. The van der Waals surface area contributed by atoms with E-state index >= 15 is 0 Å². The molecule has 1 aliphatic heterocycles. The third-order valence-electron chi connectivity index (χ3n) is 3.75. The number of sulfone groups is 1. The fourth-order valence-corrected chi connectivity index (χ4v) is 3.82. The van der Waals surface area contributed by atoms with Gasteiger partial charge in [0.05, 0.1) is 16.4 Å². The highest BCUT2D eigenvalue weighted by Gasteiger charge is 2.24. The van der Waals surface area contributed by atoms with Gasteiger partial charge in [-0.25, -0.2) is 13.1 Å². The lowest BCUT2D eigenvalue weighted by Crippen LogP contribution is -2.41. The number of anilines is 1. The highest BCUT2D eigenvalue weighted by Crippen LogP contribution is 2.26. The van der Waals surface area contributed by atoms with Crippen molar-refractivity contribution in [2.45, 2.75) is 13.3 Å². The minimum Gasteiger partial charge on any atom is -0.364 e. The van der Waals surface area contributed by atoms with Gasteiger partial charge < -0.3 is 10.2 Å². The fourth-order valence-electron chi connectivity index (χ4n) is 2.55. The molecule has 0 saturated carbocycles. The summed E-state index contributed by atoms with van der Waals surface area (Å²) in [4.78, 5) is 12.7. The summed E-state index contributed by atoms with van der Waals surface area (Å²) in [6.07, 6.45) is 0.779. The molecule has 0 unspecified atom stereocenters. The van der Waals surface area contributed by atoms with Crippen LogP contribution in [0.2, 0.25) is 0 Å². The van der Waals surface area contributed by atoms with Crippen molar-refractivity contribution in [2.24, 2.45) is 7.05 Å². The van der Waals surface area contributed by atoms with Crippen molar-refractivity contribution < 1.29 is 13.3 Å². The largest absolute Gasteiger partial charge is 0.364 e. The van der Waals surface area contributed by atoms with E-state index in [4.69, 9.17) is 0 Å². The molecule has 0 bridgehead atoms. The van der Waals surface area contributed by atoms with Crippen molar-refractivity contribution in [1.82, 2.24) is 14.7 Å². The summed E-state index contributed by atoms with van der Waals surface area (Å²) >= 11 is 0. The summed E-state index contributed by atoms with van der Waals surface area (Å²) < 4.78 is 24.2. The Morgan fingerprint density at radius 2 is 2.00 bits per heavy atom. The third kappa shape index (κ3) is 3.95. The topological polar surface area (TPSA) is 110 Å². The van der Waals surface area contributed by atoms with Gasteiger partial charge in [0, 0.05) is 26.7 Å². The van der Waals surface area contributed by atoms with E-state index in [0.29, 0.717) is 31.1 Å². The summed E-state index contributed by atoms with van der Waals surface area (Å²) in [6, 6.07) is 0. The van der Waals surface area contributed by atoms with Gasteiger partial charge in [0.25, 0.3) is 0 Å². The fraction of sp³-hybridized carbons (Fsp3) is 0.750. The molecule has 10 heteroatoms. The van der Waals surface area contributed by atoms with Crippen LogP contribution < -0.4 is 5.32 Å². The zero-order chi connectivity index (χ0) is 16.3. The molecule has 1 fully saturated rings. The van der Waals surface area contributed by atoms with Crippen LogP contribution in [0.25, 0.3) is 0 Å². The Morgan fingerprint density at radius 3 is 2.59 bits per heavy atom. The van der Waals surface area contributed by atoms with Crippen LogP contribution >= 0.6 is 0 Å². The molecular formula is C12H21N5O4S. The number of nitrogens with zero attached hydrogens (tertiary/aromatic N) is 4.